The highest BCUT2D eigenvalue weighted by molar-refractivity contribution is 9.10. The van der Waals surface area contributed by atoms with Crippen LogP contribution < -0.4 is 11.1 Å². The number of carbonyl (C=O) groups excluding carboxylic acids is 1. The molecule has 0 bridgehead atoms. The maximum atomic E-state index is 12.7. The highest BCUT2D eigenvalue weighted by Crippen LogP contribution is 2.37. The summed E-state index contributed by atoms with van der Waals surface area (Å²) in [5, 5.41) is 3.83. The standard InChI is InChI=1S/C20H20BrN3OS/c1-2-11-6-7-16-12(8-11)9-15-17(22)18(26-20(15)24-16)19(25)23-14-5-3-4-13(21)10-14/h3-5,9-11H,2,6-8,22H2,1H3,(H,23,25)/t11-/m0/s1. The summed E-state index contributed by atoms with van der Waals surface area (Å²) < 4.78 is 0.916. The van der Waals surface area contributed by atoms with E-state index in [4.69, 9.17) is 10.7 Å². The van der Waals surface area contributed by atoms with Crippen molar-refractivity contribution in [2.24, 2.45) is 5.92 Å². The first-order valence-corrected chi connectivity index (χ1v) is 10.4. The number of benzene rings is 1. The predicted molar refractivity (Wildman–Crippen MR) is 112 cm³/mol. The molecule has 0 radical (unpaired) electrons. The van der Waals surface area contributed by atoms with Crippen molar-refractivity contribution in [3.05, 3.63) is 50.9 Å². The fourth-order valence-electron chi connectivity index (χ4n) is 3.54. The van der Waals surface area contributed by atoms with Crippen LogP contribution in [0.2, 0.25) is 0 Å². The number of nitrogens with two attached hydrogens (primary N) is 1. The summed E-state index contributed by atoms with van der Waals surface area (Å²) >= 11 is 4.79. The average molecular weight is 430 g/mol. The number of nitrogens with zero attached hydrogens (tertiary/aromatic N) is 1. The summed E-state index contributed by atoms with van der Waals surface area (Å²) in [6.07, 6.45) is 4.46. The number of pyridine rings is 1. The molecule has 0 saturated carbocycles. The molecule has 134 valence electrons. The molecule has 3 N–H and O–H groups in total. The molecule has 1 aliphatic carbocycles. The van der Waals surface area contributed by atoms with Crippen molar-refractivity contribution in [3.8, 4) is 0 Å². The average Bonchev–Trinajstić information content (AvgIpc) is 2.95. The van der Waals surface area contributed by atoms with E-state index in [-0.39, 0.29) is 5.91 Å². The van der Waals surface area contributed by atoms with Crippen LogP contribution in [0.3, 0.4) is 0 Å². The van der Waals surface area contributed by atoms with Crippen molar-refractivity contribution in [1.82, 2.24) is 4.98 Å². The van der Waals surface area contributed by atoms with Crippen molar-refractivity contribution in [1.29, 1.82) is 0 Å². The minimum absolute atomic E-state index is 0.187. The van der Waals surface area contributed by atoms with E-state index in [1.165, 1.54) is 35.4 Å². The summed E-state index contributed by atoms with van der Waals surface area (Å²) in [4.78, 5) is 18.9. The Morgan fingerprint density at radius 2 is 2.27 bits per heavy atom. The van der Waals surface area contributed by atoms with Gasteiger partial charge in [0.2, 0.25) is 0 Å². The van der Waals surface area contributed by atoms with Gasteiger partial charge in [0, 0.05) is 21.2 Å². The molecule has 0 unspecified atom stereocenters. The van der Waals surface area contributed by atoms with Crippen molar-refractivity contribution in [3.63, 3.8) is 0 Å². The molecule has 1 amide bonds. The Balaban J connectivity index is 1.68. The number of carbonyl (C=O) groups is 1. The Hall–Kier alpha value is -1.92. The molecular weight excluding hydrogens is 410 g/mol. The number of thiophene rings is 1. The Kier molecular flexibility index (Phi) is 4.71. The third kappa shape index (κ3) is 3.23. The summed E-state index contributed by atoms with van der Waals surface area (Å²) in [5.41, 5.74) is 10.1. The first-order valence-electron chi connectivity index (χ1n) is 8.82. The van der Waals surface area contributed by atoms with Gasteiger partial charge < -0.3 is 11.1 Å². The number of hydrogen-bond acceptors (Lipinski definition) is 4. The number of hydrogen-bond donors (Lipinski definition) is 2. The minimum atomic E-state index is -0.187. The maximum Gasteiger partial charge on any atom is 0.267 e. The van der Waals surface area contributed by atoms with Crippen molar-refractivity contribution in [2.75, 3.05) is 11.1 Å². The van der Waals surface area contributed by atoms with Gasteiger partial charge in [-0.3, -0.25) is 4.79 Å². The van der Waals surface area contributed by atoms with Crippen LogP contribution in [-0.4, -0.2) is 10.9 Å². The molecule has 0 saturated heterocycles. The highest BCUT2D eigenvalue weighted by atomic mass is 79.9. The molecule has 1 aromatic carbocycles. The van der Waals surface area contributed by atoms with Gasteiger partial charge >= 0.3 is 0 Å². The summed E-state index contributed by atoms with van der Waals surface area (Å²) in [6, 6.07) is 9.67. The number of amides is 1. The van der Waals surface area contributed by atoms with E-state index in [0.29, 0.717) is 10.6 Å². The fourth-order valence-corrected chi connectivity index (χ4v) is 4.93. The van der Waals surface area contributed by atoms with Gasteiger partial charge in [-0.15, -0.1) is 11.3 Å². The first-order chi connectivity index (χ1) is 12.5. The molecule has 0 spiro atoms. The topological polar surface area (TPSA) is 68.0 Å². The van der Waals surface area contributed by atoms with Crippen LogP contribution in [0.15, 0.2) is 34.8 Å². The van der Waals surface area contributed by atoms with Crippen molar-refractivity contribution >= 4 is 54.8 Å². The lowest BCUT2D eigenvalue weighted by molar-refractivity contribution is 0.103. The lowest BCUT2D eigenvalue weighted by Crippen LogP contribution is -2.14. The Labute approximate surface area is 164 Å². The Morgan fingerprint density at radius 1 is 1.42 bits per heavy atom. The summed E-state index contributed by atoms with van der Waals surface area (Å²) in [6.45, 7) is 2.24. The summed E-state index contributed by atoms with van der Waals surface area (Å²) in [5.74, 6) is 0.536. The van der Waals surface area contributed by atoms with Crippen LogP contribution in [0.5, 0.6) is 0 Å². The van der Waals surface area contributed by atoms with Crippen LogP contribution in [0.1, 0.15) is 40.7 Å². The SMILES string of the molecule is CC[C@H]1CCc2nc3sc(C(=O)Nc4cccc(Br)c4)c(N)c3cc2C1. The quantitative estimate of drug-likeness (QED) is 0.584. The number of nitrogen functional groups attached to an aromatic ring is 1. The number of anilines is 2. The molecule has 6 heteroatoms. The minimum Gasteiger partial charge on any atom is -0.397 e. The van der Waals surface area contributed by atoms with Gasteiger partial charge in [0.1, 0.15) is 9.71 Å². The van der Waals surface area contributed by atoms with Gasteiger partial charge in [-0.05, 0) is 55.0 Å². The van der Waals surface area contributed by atoms with Gasteiger partial charge in [-0.2, -0.15) is 0 Å². The van der Waals surface area contributed by atoms with Crippen LogP contribution in [0.4, 0.5) is 11.4 Å². The second-order valence-electron chi connectivity index (χ2n) is 6.77. The zero-order valence-electron chi connectivity index (χ0n) is 14.5. The van der Waals surface area contributed by atoms with Crippen molar-refractivity contribution in [2.45, 2.75) is 32.6 Å². The van der Waals surface area contributed by atoms with E-state index in [0.717, 1.165) is 39.1 Å². The monoisotopic (exact) mass is 429 g/mol. The van der Waals surface area contributed by atoms with Crippen molar-refractivity contribution < 1.29 is 4.79 Å². The molecule has 3 aromatic rings. The molecule has 0 fully saturated rings. The molecule has 2 heterocycles. The normalized spacial score (nSPS) is 16.5. The number of aryl methyl sites for hydroxylation is 1. The second-order valence-corrected chi connectivity index (χ2v) is 8.69. The van der Waals surface area contributed by atoms with Gasteiger partial charge in [-0.25, -0.2) is 4.98 Å². The third-order valence-electron chi connectivity index (χ3n) is 5.05. The van der Waals surface area contributed by atoms with Gasteiger partial charge in [-0.1, -0.05) is 35.3 Å². The largest absolute Gasteiger partial charge is 0.397 e. The third-order valence-corrected chi connectivity index (χ3v) is 6.66. The summed E-state index contributed by atoms with van der Waals surface area (Å²) in [7, 11) is 0. The van der Waals surface area contributed by atoms with Gasteiger partial charge in [0.15, 0.2) is 0 Å². The maximum absolute atomic E-state index is 12.7. The Morgan fingerprint density at radius 3 is 3.04 bits per heavy atom. The molecule has 4 nitrogen and oxygen atoms in total. The van der Waals surface area contributed by atoms with E-state index in [1.54, 1.807) is 0 Å². The number of rotatable bonds is 3. The molecule has 26 heavy (non-hydrogen) atoms. The number of aromatic nitrogens is 1. The van der Waals surface area contributed by atoms with Crippen LogP contribution in [-0.2, 0) is 12.8 Å². The molecule has 2 aromatic heterocycles. The number of halogens is 1. The van der Waals surface area contributed by atoms with E-state index in [1.807, 2.05) is 24.3 Å². The zero-order valence-corrected chi connectivity index (χ0v) is 16.9. The molecule has 0 aliphatic heterocycles. The number of fused-ring (bicyclic) bond motifs is 2. The van der Waals surface area contributed by atoms with E-state index in [2.05, 4.69) is 34.2 Å². The predicted octanol–water partition coefficient (Wildman–Crippen LogP) is 5.41. The second kappa shape index (κ2) is 7.00. The Bertz CT molecular complexity index is 998. The lowest BCUT2D eigenvalue weighted by atomic mass is 9.85. The van der Waals surface area contributed by atoms with E-state index < -0.39 is 0 Å². The zero-order chi connectivity index (χ0) is 18.3. The first kappa shape index (κ1) is 17.5. The van der Waals surface area contributed by atoms with Crippen LogP contribution in [0.25, 0.3) is 10.2 Å². The van der Waals surface area contributed by atoms with E-state index >= 15 is 0 Å². The van der Waals surface area contributed by atoms with Gasteiger partial charge in [0.25, 0.3) is 5.91 Å². The lowest BCUT2D eigenvalue weighted by Gasteiger charge is -2.22. The molecule has 1 aliphatic rings. The molecule has 4 rings (SSSR count). The highest BCUT2D eigenvalue weighted by Gasteiger charge is 2.23. The molecule has 1 atom stereocenters. The van der Waals surface area contributed by atoms with Gasteiger partial charge in [0.05, 0.1) is 5.69 Å². The molecular formula is C20H20BrN3OS. The van der Waals surface area contributed by atoms with E-state index in [9.17, 15) is 4.79 Å². The van der Waals surface area contributed by atoms with Crippen LogP contribution >= 0.6 is 27.3 Å². The fraction of sp³-hybridized carbons (Fsp3) is 0.300. The smallest absolute Gasteiger partial charge is 0.267 e. The van der Waals surface area contributed by atoms with Crippen LogP contribution in [0, 0.1) is 5.92 Å². The number of nitrogens with one attached hydrogen (secondary N) is 1.